The van der Waals surface area contributed by atoms with Gasteiger partial charge in [-0.1, -0.05) is 0 Å². The highest BCUT2D eigenvalue weighted by Crippen LogP contribution is 2.38. The van der Waals surface area contributed by atoms with Crippen LogP contribution in [0, 0.1) is 5.82 Å². The third-order valence-corrected chi connectivity index (χ3v) is 4.51. The number of halogens is 1. The van der Waals surface area contributed by atoms with Gasteiger partial charge in [-0.3, -0.25) is 4.79 Å². The summed E-state index contributed by atoms with van der Waals surface area (Å²) in [6, 6.07) is 4.10. The van der Waals surface area contributed by atoms with E-state index in [1.54, 1.807) is 4.72 Å². The van der Waals surface area contributed by atoms with Crippen LogP contribution in [0.1, 0.15) is 0 Å². The van der Waals surface area contributed by atoms with Crippen molar-refractivity contribution >= 4 is 32.7 Å². The highest BCUT2D eigenvalue weighted by atomic mass is 32.2. The van der Waals surface area contributed by atoms with Gasteiger partial charge in [0.1, 0.15) is 23.5 Å². The number of phenols is 1. The van der Waals surface area contributed by atoms with Gasteiger partial charge in [-0.15, -0.1) is 0 Å². The number of ether oxygens (including phenoxy) is 1. The molecule has 8 nitrogen and oxygen atoms in total. The first kappa shape index (κ1) is 14.3. The Morgan fingerprint density at radius 3 is 2.77 bits per heavy atom. The number of rotatable bonds is 2. The summed E-state index contributed by atoms with van der Waals surface area (Å²) in [5.74, 6) is -2.37. The summed E-state index contributed by atoms with van der Waals surface area (Å²) in [5, 5.41) is 10.2. The molecule has 0 radical (unpaired) electrons. The molecule has 1 aromatic heterocycles. The lowest BCUT2D eigenvalue weighted by molar-refractivity contribution is -0.117. The second kappa shape index (κ2) is 4.70. The van der Waals surface area contributed by atoms with Gasteiger partial charge in [0.25, 0.3) is 5.91 Å². The molecule has 1 fully saturated rings. The minimum Gasteiger partial charge on any atom is -0.506 e. The van der Waals surface area contributed by atoms with Crippen LogP contribution in [0.3, 0.4) is 0 Å². The van der Waals surface area contributed by atoms with Gasteiger partial charge in [-0.05, 0) is 12.1 Å². The number of amides is 1. The number of aromatic nitrogens is 1. The second-order valence-corrected chi connectivity index (χ2v) is 6.12. The van der Waals surface area contributed by atoms with E-state index in [-0.39, 0.29) is 16.8 Å². The molecule has 0 unspecified atom stereocenters. The van der Waals surface area contributed by atoms with Crippen molar-refractivity contribution in [3.05, 3.63) is 24.0 Å². The zero-order valence-corrected chi connectivity index (χ0v) is 12.0. The monoisotopic (exact) mass is 327 g/mol. The van der Waals surface area contributed by atoms with E-state index in [9.17, 15) is 22.7 Å². The van der Waals surface area contributed by atoms with Gasteiger partial charge in [0.2, 0.25) is 5.88 Å². The lowest BCUT2D eigenvalue weighted by Gasteiger charge is -2.17. The van der Waals surface area contributed by atoms with E-state index < -0.39 is 39.9 Å². The fourth-order valence-corrected chi connectivity index (χ4v) is 3.35. The van der Waals surface area contributed by atoms with Crippen LogP contribution in [0.25, 0.3) is 10.9 Å². The summed E-state index contributed by atoms with van der Waals surface area (Å²) in [6.07, 6.45) is 0. The Balaban J connectivity index is 2.28. The maximum absolute atomic E-state index is 14.6. The summed E-state index contributed by atoms with van der Waals surface area (Å²) in [4.78, 5) is 15.2. The van der Waals surface area contributed by atoms with Gasteiger partial charge < -0.3 is 9.84 Å². The summed E-state index contributed by atoms with van der Waals surface area (Å²) in [6.45, 7) is -0.623. The Morgan fingerprint density at radius 2 is 2.18 bits per heavy atom. The molecule has 1 amide bonds. The SMILES string of the molecule is COc1ccc2cc(O)c(N3CC(=O)NS3(=O)=O)c(F)c2n1. The fraction of sp³-hybridized carbons (Fsp3) is 0.167. The van der Waals surface area contributed by atoms with Crippen LogP contribution in [0.5, 0.6) is 11.6 Å². The molecule has 0 spiro atoms. The number of phenolic OH excluding ortho intramolecular Hbond substituents is 1. The number of aromatic hydroxyl groups is 1. The molecule has 0 saturated carbocycles. The van der Waals surface area contributed by atoms with Crippen LogP contribution in [-0.4, -0.2) is 38.1 Å². The first-order valence-electron chi connectivity index (χ1n) is 6.03. The molecule has 1 aromatic carbocycles. The quantitative estimate of drug-likeness (QED) is 0.819. The van der Waals surface area contributed by atoms with E-state index in [0.717, 1.165) is 0 Å². The van der Waals surface area contributed by atoms with E-state index in [1.165, 1.54) is 25.3 Å². The number of hydrogen-bond acceptors (Lipinski definition) is 6. The van der Waals surface area contributed by atoms with E-state index in [1.807, 2.05) is 0 Å². The average molecular weight is 327 g/mol. The van der Waals surface area contributed by atoms with Crippen molar-refractivity contribution in [2.45, 2.75) is 0 Å². The predicted octanol–water partition coefficient (Wildman–Crippen LogP) is 0.269. The van der Waals surface area contributed by atoms with Crippen LogP contribution in [-0.2, 0) is 15.0 Å². The Kier molecular flexibility index (Phi) is 3.06. The number of methoxy groups -OCH3 is 1. The average Bonchev–Trinajstić information content (AvgIpc) is 2.71. The van der Waals surface area contributed by atoms with E-state index in [0.29, 0.717) is 4.31 Å². The largest absolute Gasteiger partial charge is 0.506 e. The number of carbonyl (C=O) groups excluding carboxylic acids is 1. The molecule has 10 heteroatoms. The maximum atomic E-state index is 14.6. The third-order valence-electron chi connectivity index (χ3n) is 3.13. The molecule has 0 bridgehead atoms. The number of fused-ring (bicyclic) bond motifs is 1. The maximum Gasteiger partial charge on any atom is 0.326 e. The second-order valence-electron chi connectivity index (χ2n) is 4.52. The third kappa shape index (κ3) is 2.08. The van der Waals surface area contributed by atoms with Gasteiger partial charge in [0.05, 0.1) is 7.11 Å². The van der Waals surface area contributed by atoms with Gasteiger partial charge in [-0.25, -0.2) is 18.4 Å². The molecular formula is C12H10FN3O5S. The molecule has 1 aliphatic heterocycles. The lowest BCUT2D eigenvalue weighted by atomic mass is 10.1. The van der Waals surface area contributed by atoms with Crippen LogP contribution in [0.15, 0.2) is 18.2 Å². The predicted molar refractivity (Wildman–Crippen MR) is 74.3 cm³/mol. The summed E-state index contributed by atoms with van der Waals surface area (Å²) in [5.41, 5.74) is -0.812. The van der Waals surface area contributed by atoms with Crippen LogP contribution < -0.4 is 13.8 Å². The number of anilines is 1. The summed E-state index contributed by atoms with van der Waals surface area (Å²) >= 11 is 0. The standard InChI is InChI=1S/C12H10FN3O5S/c1-21-9-3-2-6-4-7(17)12(10(13)11(6)14-9)16-5-8(18)15-22(16,19)20/h2-4,17H,5H2,1H3,(H,15,18). The molecule has 3 rings (SSSR count). The van der Waals surface area contributed by atoms with Gasteiger partial charge >= 0.3 is 10.2 Å². The van der Waals surface area contributed by atoms with Crippen LogP contribution in [0.4, 0.5) is 10.1 Å². The molecule has 2 heterocycles. The number of carbonyl (C=O) groups is 1. The van der Waals surface area contributed by atoms with E-state index in [2.05, 4.69) is 4.98 Å². The van der Waals surface area contributed by atoms with E-state index in [4.69, 9.17) is 4.74 Å². The van der Waals surface area contributed by atoms with Crippen LogP contribution >= 0.6 is 0 Å². The van der Waals surface area contributed by atoms with Crippen molar-refractivity contribution in [3.63, 3.8) is 0 Å². The smallest absolute Gasteiger partial charge is 0.326 e. The van der Waals surface area contributed by atoms with Gasteiger partial charge in [0, 0.05) is 11.5 Å². The number of hydrogen-bond donors (Lipinski definition) is 2. The normalized spacial score (nSPS) is 16.8. The molecule has 0 aliphatic carbocycles. The minimum absolute atomic E-state index is 0.126. The number of nitrogens with zero attached hydrogens (tertiary/aromatic N) is 2. The minimum atomic E-state index is -4.24. The first-order chi connectivity index (χ1) is 10.3. The Morgan fingerprint density at radius 1 is 1.45 bits per heavy atom. The van der Waals surface area contributed by atoms with Gasteiger partial charge in [0.15, 0.2) is 5.82 Å². The summed E-state index contributed by atoms with van der Waals surface area (Å²) in [7, 11) is -2.90. The van der Waals surface area contributed by atoms with Crippen molar-refractivity contribution < 1.29 is 27.4 Å². The molecular weight excluding hydrogens is 317 g/mol. The molecule has 116 valence electrons. The highest BCUT2D eigenvalue weighted by Gasteiger charge is 2.38. The van der Waals surface area contributed by atoms with Crippen molar-refractivity contribution in [3.8, 4) is 11.6 Å². The Hall–Kier alpha value is -2.62. The van der Waals surface area contributed by atoms with Crippen molar-refractivity contribution in [2.24, 2.45) is 0 Å². The Labute approximate surface area is 124 Å². The number of benzene rings is 1. The fourth-order valence-electron chi connectivity index (χ4n) is 2.18. The zero-order chi connectivity index (χ0) is 16.1. The molecule has 2 aromatic rings. The van der Waals surface area contributed by atoms with Crippen molar-refractivity contribution in [1.29, 1.82) is 0 Å². The van der Waals surface area contributed by atoms with Crippen LogP contribution in [0.2, 0.25) is 0 Å². The topological polar surface area (TPSA) is 109 Å². The van der Waals surface area contributed by atoms with Crippen molar-refractivity contribution in [2.75, 3.05) is 18.0 Å². The highest BCUT2D eigenvalue weighted by molar-refractivity contribution is 7.92. The lowest BCUT2D eigenvalue weighted by Crippen LogP contribution is -2.30. The molecule has 0 atom stereocenters. The molecule has 1 aliphatic rings. The zero-order valence-electron chi connectivity index (χ0n) is 11.2. The number of pyridine rings is 1. The molecule has 1 saturated heterocycles. The molecule has 22 heavy (non-hydrogen) atoms. The van der Waals surface area contributed by atoms with E-state index >= 15 is 0 Å². The van der Waals surface area contributed by atoms with Crippen molar-refractivity contribution in [1.82, 2.24) is 9.71 Å². The first-order valence-corrected chi connectivity index (χ1v) is 7.47. The molecule has 2 N–H and O–H groups in total. The number of nitrogens with one attached hydrogen (secondary N) is 1. The van der Waals surface area contributed by atoms with Gasteiger partial charge in [-0.2, -0.15) is 8.42 Å². The Bertz CT molecular complexity index is 899. The summed E-state index contributed by atoms with van der Waals surface area (Å²) < 4.78 is 45.3.